The summed E-state index contributed by atoms with van der Waals surface area (Å²) in [5.41, 5.74) is 0.705. The number of hydrogen-bond acceptors (Lipinski definition) is 5. The van der Waals surface area contributed by atoms with E-state index in [2.05, 4.69) is 26.1 Å². The first-order valence-corrected chi connectivity index (χ1v) is 7.99. The summed E-state index contributed by atoms with van der Waals surface area (Å²) in [5, 5.41) is 24.8. The number of phenols is 1. The van der Waals surface area contributed by atoms with Gasteiger partial charge in [0.05, 0.1) is 9.40 Å². The van der Waals surface area contributed by atoms with Crippen molar-refractivity contribution in [3.8, 4) is 5.75 Å². The molecular formula is C14H20BrCl2N3O3. The van der Waals surface area contributed by atoms with Gasteiger partial charge in [-0.3, -0.25) is 15.0 Å². The van der Waals surface area contributed by atoms with Gasteiger partial charge in [-0.2, -0.15) is 0 Å². The van der Waals surface area contributed by atoms with Crippen LogP contribution in [0.4, 0.5) is 5.69 Å². The Bertz CT molecular complexity index is 566. The molecule has 2 fully saturated rings. The Morgan fingerprint density at radius 1 is 1.30 bits per heavy atom. The molecule has 0 unspecified atom stereocenters. The first-order valence-electron chi connectivity index (χ1n) is 7.19. The quantitative estimate of drug-likeness (QED) is 0.568. The second kappa shape index (κ2) is 8.48. The Morgan fingerprint density at radius 3 is 2.43 bits per heavy atom. The zero-order valence-corrected chi connectivity index (χ0v) is 15.6. The number of nitro benzene ring substituents is 1. The van der Waals surface area contributed by atoms with E-state index in [1.807, 2.05) is 0 Å². The molecule has 1 saturated heterocycles. The van der Waals surface area contributed by atoms with Crippen LogP contribution in [0, 0.1) is 16.0 Å². The van der Waals surface area contributed by atoms with E-state index in [1.165, 1.54) is 12.1 Å². The SMILES string of the molecule is Cl.Cl.O=[N+]([O-])c1cc(Br)c(O)c([C@@H](C2CC2)N2CCNCC2)c1. The van der Waals surface area contributed by atoms with E-state index in [0.717, 1.165) is 39.0 Å². The molecule has 130 valence electrons. The largest absolute Gasteiger partial charge is 0.506 e. The van der Waals surface area contributed by atoms with Gasteiger partial charge in [0, 0.05) is 49.9 Å². The molecule has 1 atom stereocenters. The summed E-state index contributed by atoms with van der Waals surface area (Å²) < 4.78 is 0.396. The predicted molar refractivity (Wildman–Crippen MR) is 96.9 cm³/mol. The number of benzene rings is 1. The van der Waals surface area contributed by atoms with E-state index in [4.69, 9.17) is 0 Å². The average Bonchev–Trinajstić information content (AvgIpc) is 3.29. The van der Waals surface area contributed by atoms with Gasteiger partial charge in [-0.25, -0.2) is 0 Å². The van der Waals surface area contributed by atoms with Crippen molar-refractivity contribution in [2.75, 3.05) is 26.2 Å². The number of non-ortho nitro benzene ring substituents is 1. The molecule has 1 saturated carbocycles. The fourth-order valence-corrected chi connectivity index (χ4v) is 3.52. The van der Waals surface area contributed by atoms with Crippen LogP contribution in [0.25, 0.3) is 0 Å². The lowest BCUT2D eigenvalue weighted by molar-refractivity contribution is -0.385. The number of nitrogens with one attached hydrogen (secondary N) is 1. The summed E-state index contributed by atoms with van der Waals surface area (Å²) in [6.45, 7) is 3.64. The van der Waals surface area contributed by atoms with E-state index in [9.17, 15) is 15.2 Å². The maximum atomic E-state index is 11.1. The molecule has 1 aliphatic carbocycles. The molecule has 0 bridgehead atoms. The molecule has 6 nitrogen and oxygen atoms in total. The number of halogens is 3. The van der Waals surface area contributed by atoms with Gasteiger partial charge in [0.25, 0.3) is 5.69 Å². The van der Waals surface area contributed by atoms with Gasteiger partial charge < -0.3 is 10.4 Å². The molecule has 0 aromatic heterocycles. The molecule has 1 heterocycles. The van der Waals surface area contributed by atoms with Crippen molar-refractivity contribution in [2.45, 2.75) is 18.9 Å². The molecule has 2 N–H and O–H groups in total. The van der Waals surface area contributed by atoms with Crippen molar-refractivity contribution in [1.82, 2.24) is 10.2 Å². The molecule has 23 heavy (non-hydrogen) atoms. The summed E-state index contributed by atoms with van der Waals surface area (Å²) in [6.07, 6.45) is 2.24. The Kier molecular flexibility index (Phi) is 7.54. The maximum absolute atomic E-state index is 11.1. The molecule has 9 heteroatoms. The number of rotatable bonds is 4. The number of aromatic hydroxyl groups is 1. The Morgan fingerprint density at radius 2 is 1.91 bits per heavy atom. The standard InChI is InChI=1S/C14H18BrN3O3.2ClH/c15-12-8-10(18(20)21)7-11(14(12)19)13(9-1-2-9)17-5-3-16-4-6-17;;/h7-9,13,16,19H,1-6H2;2*1H/t13-;;/m1../s1. The van der Waals surface area contributed by atoms with Crippen molar-refractivity contribution < 1.29 is 10.0 Å². The van der Waals surface area contributed by atoms with Crippen molar-refractivity contribution in [2.24, 2.45) is 5.92 Å². The lowest BCUT2D eigenvalue weighted by atomic mass is 9.98. The zero-order valence-electron chi connectivity index (χ0n) is 12.4. The molecule has 1 aliphatic heterocycles. The topological polar surface area (TPSA) is 78.6 Å². The Hall–Kier alpha value is -0.600. The van der Waals surface area contributed by atoms with Crippen molar-refractivity contribution in [1.29, 1.82) is 0 Å². The molecule has 3 rings (SSSR count). The van der Waals surface area contributed by atoms with Crippen LogP contribution in [0.3, 0.4) is 0 Å². The molecule has 0 amide bonds. The summed E-state index contributed by atoms with van der Waals surface area (Å²) in [5.74, 6) is 0.624. The van der Waals surface area contributed by atoms with Crippen LogP contribution in [0.15, 0.2) is 16.6 Å². The highest BCUT2D eigenvalue weighted by Gasteiger charge is 2.39. The maximum Gasteiger partial charge on any atom is 0.271 e. The first kappa shape index (κ1) is 20.4. The van der Waals surface area contributed by atoms with E-state index in [0.29, 0.717) is 16.0 Å². The average molecular weight is 429 g/mol. The number of nitrogens with zero attached hydrogens (tertiary/aromatic N) is 2. The fourth-order valence-electron chi connectivity index (χ4n) is 3.06. The minimum Gasteiger partial charge on any atom is -0.506 e. The van der Waals surface area contributed by atoms with Gasteiger partial charge in [-0.05, 0) is 34.7 Å². The fraction of sp³-hybridized carbons (Fsp3) is 0.571. The molecule has 0 spiro atoms. The Labute approximate surface area is 155 Å². The van der Waals surface area contributed by atoms with E-state index in [-0.39, 0.29) is 42.3 Å². The molecule has 2 aliphatic rings. The highest BCUT2D eigenvalue weighted by molar-refractivity contribution is 9.10. The van der Waals surface area contributed by atoms with E-state index < -0.39 is 4.92 Å². The zero-order chi connectivity index (χ0) is 15.0. The lowest BCUT2D eigenvalue weighted by Gasteiger charge is -2.35. The monoisotopic (exact) mass is 427 g/mol. The van der Waals surface area contributed by atoms with Crippen LogP contribution in [0.5, 0.6) is 5.75 Å². The summed E-state index contributed by atoms with van der Waals surface area (Å²) in [6, 6.07) is 2.97. The number of hydrogen-bond donors (Lipinski definition) is 2. The van der Waals surface area contributed by atoms with Gasteiger partial charge in [-0.15, -0.1) is 24.8 Å². The highest BCUT2D eigenvalue weighted by Crippen LogP contribution is 2.49. The van der Waals surface area contributed by atoms with Gasteiger partial charge in [0.1, 0.15) is 5.75 Å². The van der Waals surface area contributed by atoms with E-state index in [1.54, 1.807) is 0 Å². The van der Waals surface area contributed by atoms with Crippen LogP contribution >= 0.6 is 40.7 Å². The lowest BCUT2D eigenvalue weighted by Crippen LogP contribution is -2.45. The minimum atomic E-state index is -0.407. The van der Waals surface area contributed by atoms with Gasteiger partial charge in [0.2, 0.25) is 0 Å². The highest BCUT2D eigenvalue weighted by atomic mass is 79.9. The van der Waals surface area contributed by atoms with Gasteiger partial charge in [-0.1, -0.05) is 0 Å². The van der Waals surface area contributed by atoms with Gasteiger partial charge in [0.15, 0.2) is 0 Å². The van der Waals surface area contributed by atoms with Crippen molar-refractivity contribution in [3.63, 3.8) is 0 Å². The normalized spacial score (nSPS) is 19.3. The molecule has 1 aromatic rings. The third-order valence-electron chi connectivity index (χ3n) is 4.22. The van der Waals surface area contributed by atoms with Crippen LogP contribution in [0.2, 0.25) is 0 Å². The van der Waals surface area contributed by atoms with Gasteiger partial charge >= 0.3 is 0 Å². The third kappa shape index (κ3) is 4.48. The predicted octanol–water partition coefficient (Wildman–Crippen LogP) is 3.26. The second-order valence-corrected chi connectivity index (χ2v) is 6.55. The summed E-state index contributed by atoms with van der Waals surface area (Å²) >= 11 is 3.24. The molecule has 1 aromatic carbocycles. The van der Waals surface area contributed by atoms with Crippen LogP contribution in [-0.4, -0.2) is 41.1 Å². The van der Waals surface area contributed by atoms with Crippen molar-refractivity contribution >= 4 is 46.4 Å². The second-order valence-electron chi connectivity index (χ2n) is 5.69. The van der Waals surface area contributed by atoms with Crippen LogP contribution in [-0.2, 0) is 0 Å². The summed E-state index contributed by atoms with van der Waals surface area (Å²) in [7, 11) is 0. The first-order chi connectivity index (χ1) is 10.1. The Balaban J connectivity index is 0.00000132. The van der Waals surface area contributed by atoms with E-state index >= 15 is 0 Å². The van der Waals surface area contributed by atoms with Crippen molar-refractivity contribution in [3.05, 3.63) is 32.3 Å². The molecule has 0 radical (unpaired) electrons. The number of nitro groups is 1. The smallest absolute Gasteiger partial charge is 0.271 e. The minimum absolute atomic E-state index is 0. The number of phenolic OH excluding ortho intramolecular Hbond substituents is 1. The third-order valence-corrected chi connectivity index (χ3v) is 4.83. The van der Waals surface area contributed by atoms with Crippen LogP contribution < -0.4 is 5.32 Å². The number of piperazine rings is 1. The molecular weight excluding hydrogens is 409 g/mol. The summed E-state index contributed by atoms with van der Waals surface area (Å²) in [4.78, 5) is 13.0. The van der Waals surface area contributed by atoms with Crippen LogP contribution in [0.1, 0.15) is 24.4 Å².